The van der Waals surface area contributed by atoms with Crippen molar-refractivity contribution in [2.24, 2.45) is 5.92 Å². The van der Waals surface area contributed by atoms with E-state index in [4.69, 9.17) is 21.4 Å². The molecule has 0 radical (unpaired) electrons. The SMILES string of the molecule is CC1C(Cl)=CC=CC1(C)OCCO. The highest BCUT2D eigenvalue weighted by molar-refractivity contribution is 6.30. The number of hydrogen-bond donors (Lipinski definition) is 1. The van der Waals surface area contributed by atoms with Gasteiger partial charge in [-0.2, -0.15) is 0 Å². The summed E-state index contributed by atoms with van der Waals surface area (Å²) in [7, 11) is 0. The summed E-state index contributed by atoms with van der Waals surface area (Å²) in [5.41, 5.74) is -0.380. The predicted molar refractivity (Wildman–Crippen MR) is 53.7 cm³/mol. The van der Waals surface area contributed by atoms with Crippen molar-refractivity contribution < 1.29 is 9.84 Å². The van der Waals surface area contributed by atoms with Crippen LogP contribution in [0.25, 0.3) is 0 Å². The van der Waals surface area contributed by atoms with Crippen LogP contribution in [0, 0.1) is 5.92 Å². The average molecular weight is 203 g/mol. The molecule has 0 amide bonds. The lowest BCUT2D eigenvalue weighted by molar-refractivity contribution is -0.0361. The van der Waals surface area contributed by atoms with Crippen LogP contribution in [-0.2, 0) is 4.74 Å². The zero-order chi connectivity index (χ0) is 9.90. The van der Waals surface area contributed by atoms with Crippen LogP contribution in [-0.4, -0.2) is 23.9 Å². The minimum atomic E-state index is -0.380. The zero-order valence-corrected chi connectivity index (χ0v) is 8.71. The normalized spacial score (nSPS) is 33.2. The van der Waals surface area contributed by atoms with E-state index in [1.807, 2.05) is 32.1 Å². The Labute approximate surface area is 83.8 Å². The minimum absolute atomic E-state index is 0.0392. The van der Waals surface area contributed by atoms with Gasteiger partial charge in [0.1, 0.15) is 0 Å². The standard InChI is InChI=1S/C10H15ClO2/c1-8-9(11)4-3-5-10(8,2)13-7-6-12/h3-5,8,12H,6-7H2,1-2H3. The van der Waals surface area contributed by atoms with E-state index in [0.29, 0.717) is 6.61 Å². The molecule has 0 aromatic carbocycles. The van der Waals surface area contributed by atoms with Gasteiger partial charge in [-0.3, -0.25) is 0 Å². The molecule has 0 spiro atoms. The highest BCUT2D eigenvalue weighted by Crippen LogP contribution is 2.34. The van der Waals surface area contributed by atoms with Crippen molar-refractivity contribution in [2.75, 3.05) is 13.2 Å². The first-order chi connectivity index (χ1) is 6.10. The van der Waals surface area contributed by atoms with Crippen molar-refractivity contribution in [1.82, 2.24) is 0 Å². The molecule has 1 aliphatic rings. The maximum absolute atomic E-state index is 8.67. The highest BCUT2D eigenvalue weighted by atomic mass is 35.5. The summed E-state index contributed by atoms with van der Waals surface area (Å²) in [6.45, 7) is 4.37. The van der Waals surface area contributed by atoms with Gasteiger partial charge in [0, 0.05) is 11.0 Å². The second-order valence-corrected chi connectivity index (χ2v) is 3.82. The number of allylic oxidation sites excluding steroid dienone is 2. The molecule has 2 nitrogen and oxygen atoms in total. The Morgan fingerprint density at radius 3 is 3.00 bits per heavy atom. The molecule has 13 heavy (non-hydrogen) atoms. The molecule has 74 valence electrons. The first-order valence-electron chi connectivity index (χ1n) is 4.40. The van der Waals surface area contributed by atoms with Crippen molar-refractivity contribution in [3.63, 3.8) is 0 Å². The molecule has 0 aromatic heterocycles. The van der Waals surface area contributed by atoms with Gasteiger partial charge < -0.3 is 9.84 Å². The molecule has 0 bridgehead atoms. The van der Waals surface area contributed by atoms with Gasteiger partial charge in [0.25, 0.3) is 0 Å². The number of aliphatic hydroxyl groups excluding tert-OH is 1. The van der Waals surface area contributed by atoms with E-state index in [9.17, 15) is 0 Å². The van der Waals surface area contributed by atoms with Gasteiger partial charge in [0.15, 0.2) is 0 Å². The molecule has 0 fully saturated rings. The van der Waals surface area contributed by atoms with E-state index in [-0.39, 0.29) is 18.1 Å². The van der Waals surface area contributed by atoms with Crippen LogP contribution in [0.5, 0.6) is 0 Å². The lowest BCUT2D eigenvalue weighted by Gasteiger charge is -2.34. The van der Waals surface area contributed by atoms with Crippen molar-refractivity contribution in [3.8, 4) is 0 Å². The van der Waals surface area contributed by atoms with Gasteiger partial charge in [0.2, 0.25) is 0 Å². The van der Waals surface area contributed by atoms with Crippen LogP contribution in [0.1, 0.15) is 13.8 Å². The van der Waals surface area contributed by atoms with E-state index in [1.54, 1.807) is 0 Å². The maximum atomic E-state index is 8.67. The number of rotatable bonds is 3. The largest absolute Gasteiger partial charge is 0.394 e. The van der Waals surface area contributed by atoms with Crippen LogP contribution in [0.15, 0.2) is 23.3 Å². The molecule has 1 aliphatic carbocycles. The lowest BCUT2D eigenvalue weighted by Crippen LogP contribution is -2.36. The molecule has 0 aliphatic heterocycles. The zero-order valence-electron chi connectivity index (χ0n) is 7.96. The molecule has 0 saturated heterocycles. The highest BCUT2D eigenvalue weighted by Gasteiger charge is 2.32. The summed E-state index contributed by atoms with van der Waals surface area (Å²) in [5, 5.41) is 9.46. The quantitative estimate of drug-likeness (QED) is 0.760. The van der Waals surface area contributed by atoms with Gasteiger partial charge in [-0.1, -0.05) is 30.7 Å². The Bertz CT molecular complexity index is 235. The van der Waals surface area contributed by atoms with Gasteiger partial charge in [-0.15, -0.1) is 0 Å². The average Bonchev–Trinajstić information content (AvgIpc) is 2.11. The summed E-state index contributed by atoms with van der Waals surface area (Å²) in [6.07, 6.45) is 5.73. The Morgan fingerprint density at radius 1 is 1.69 bits per heavy atom. The van der Waals surface area contributed by atoms with Gasteiger partial charge >= 0.3 is 0 Å². The summed E-state index contributed by atoms with van der Waals surface area (Å²) < 4.78 is 5.54. The van der Waals surface area contributed by atoms with Gasteiger partial charge in [-0.25, -0.2) is 0 Å². The fourth-order valence-corrected chi connectivity index (χ4v) is 1.62. The van der Waals surface area contributed by atoms with E-state index in [2.05, 4.69) is 0 Å². The number of ether oxygens (including phenoxy) is 1. The number of aliphatic hydroxyl groups is 1. The topological polar surface area (TPSA) is 29.5 Å². The van der Waals surface area contributed by atoms with Crippen LogP contribution in [0.4, 0.5) is 0 Å². The Morgan fingerprint density at radius 2 is 2.38 bits per heavy atom. The van der Waals surface area contributed by atoms with Crippen LogP contribution < -0.4 is 0 Å². The van der Waals surface area contributed by atoms with Crippen LogP contribution >= 0.6 is 11.6 Å². The molecule has 2 unspecified atom stereocenters. The molecular formula is C10H15ClO2. The summed E-state index contributed by atoms with van der Waals surface area (Å²) in [4.78, 5) is 0. The Balaban J connectivity index is 2.68. The summed E-state index contributed by atoms with van der Waals surface area (Å²) in [5.74, 6) is 0.144. The van der Waals surface area contributed by atoms with Crippen molar-refractivity contribution in [3.05, 3.63) is 23.3 Å². The first kappa shape index (κ1) is 10.8. The fraction of sp³-hybridized carbons (Fsp3) is 0.600. The van der Waals surface area contributed by atoms with Gasteiger partial charge in [0.05, 0.1) is 18.8 Å². The molecule has 1 N–H and O–H groups in total. The lowest BCUT2D eigenvalue weighted by atomic mass is 9.86. The van der Waals surface area contributed by atoms with E-state index < -0.39 is 0 Å². The molecular weight excluding hydrogens is 188 g/mol. The van der Waals surface area contributed by atoms with Crippen molar-refractivity contribution in [2.45, 2.75) is 19.4 Å². The molecule has 0 heterocycles. The monoisotopic (exact) mass is 202 g/mol. The van der Waals surface area contributed by atoms with E-state index in [1.165, 1.54) is 0 Å². The summed E-state index contributed by atoms with van der Waals surface area (Å²) in [6, 6.07) is 0. The van der Waals surface area contributed by atoms with E-state index in [0.717, 1.165) is 5.03 Å². The second-order valence-electron chi connectivity index (χ2n) is 3.39. The van der Waals surface area contributed by atoms with Crippen LogP contribution in [0.2, 0.25) is 0 Å². The third-order valence-corrected chi connectivity index (χ3v) is 2.91. The van der Waals surface area contributed by atoms with Gasteiger partial charge in [-0.05, 0) is 13.0 Å². The fourth-order valence-electron chi connectivity index (χ4n) is 1.33. The van der Waals surface area contributed by atoms with Crippen molar-refractivity contribution >= 4 is 11.6 Å². The van der Waals surface area contributed by atoms with E-state index >= 15 is 0 Å². The minimum Gasteiger partial charge on any atom is -0.394 e. The molecule has 1 rings (SSSR count). The molecule has 0 saturated carbocycles. The van der Waals surface area contributed by atoms with Crippen molar-refractivity contribution in [1.29, 1.82) is 0 Å². The molecule has 3 heteroatoms. The number of halogens is 1. The predicted octanol–water partition coefficient (Wildman–Crippen LogP) is 2.08. The Hall–Kier alpha value is -0.310. The number of hydrogen-bond acceptors (Lipinski definition) is 2. The summed E-state index contributed by atoms with van der Waals surface area (Å²) >= 11 is 6.00. The van der Waals surface area contributed by atoms with Crippen LogP contribution in [0.3, 0.4) is 0 Å². The smallest absolute Gasteiger partial charge is 0.0912 e. The Kier molecular flexibility index (Phi) is 3.54. The molecule has 0 aromatic rings. The maximum Gasteiger partial charge on any atom is 0.0912 e. The molecule has 2 atom stereocenters. The second kappa shape index (κ2) is 4.27. The first-order valence-corrected chi connectivity index (χ1v) is 4.77. The third-order valence-electron chi connectivity index (χ3n) is 2.46. The third kappa shape index (κ3) is 2.33.